The second-order valence-corrected chi connectivity index (χ2v) is 7.39. The number of aryl methyl sites for hydroxylation is 2. The van der Waals surface area contributed by atoms with Crippen molar-refractivity contribution < 1.29 is 4.74 Å². The SMILES string of the molecule is CN(C)Cc1ccc(CCn2ccc(OCc3ccc(Cl)cc3)cc2=O)nc1. The summed E-state index contributed by atoms with van der Waals surface area (Å²) >= 11 is 5.88. The molecule has 0 fully saturated rings. The van der Waals surface area contributed by atoms with Crippen LogP contribution >= 0.6 is 11.6 Å². The molecule has 0 aliphatic heterocycles. The molecule has 5 nitrogen and oxygen atoms in total. The molecular formula is C22H24ClN3O2. The molecule has 1 aromatic carbocycles. The maximum absolute atomic E-state index is 12.3. The molecule has 0 unspecified atom stereocenters. The first-order valence-corrected chi connectivity index (χ1v) is 9.54. The number of hydrogen-bond donors (Lipinski definition) is 0. The van der Waals surface area contributed by atoms with Crippen LogP contribution in [0.3, 0.4) is 0 Å². The van der Waals surface area contributed by atoms with Gasteiger partial charge in [-0.2, -0.15) is 0 Å². The largest absolute Gasteiger partial charge is 0.489 e. The van der Waals surface area contributed by atoms with Crippen LogP contribution < -0.4 is 10.3 Å². The molecule has 0 atom stereocenters. The van der Waals surface area contributed by atoms with Gasteiger partial charge in [-0.1, -0.05) is 29.8 Å². The average molecular weight is 398 g/mol. The molecule has 0 bridgehead atoms. The van der Waals surface area contributed by atoms with Crippen molar-refractivity contribution in [3.05, 3.63) is 93.1 Å². The van der Waals surface area contributed by atoms with E-state index in [1.165, 1.54) is 11.6 Å². The summed E-state index contributed by atoms with van der Waals surface area (Å²) in [5.41, 5.74) is 3.06. The monoisotopic (exact) mass is 397 g/mol. The molecule has 0 radical (unpaired) electrons. The van der Waals surface area contributed by atoms with E-state index in [0.29, 0.717) is 30.3 Å². The molecule has 3 rings (SSSR count). The van der Waals surface area contributed by atoms with Crippen molar-refractivity contribution >= 4 is 11.6 Å². The number of aromatic nitrogens is 2. The minimum atomic E-state index is -0.0853. The molecule has 2 aromatic heterocycles. The van der Waals surface area contributed by atoms with Gasteiger partial charge in [0.2, 0.25) is 0 Å². The summed E-state index contributed by atoms with van der Waals surface area (Å²) in [6.45, 7) is 1.84. The lowest BCUT2D eigenvalue weighted by Crippen LogP contribution is -2.20. The molecule has 2 heterocycles. The van der Waals surface area contributed by atoms with Gasteiger partial charge in [-0.3, -0.25) is 9.78 Å². The van der Waals surface area contributed by atoms with Gasteiger partial charge in [-0.25, -0.2) is 0 Å². The Balaban J connectivity index is 1.55. The van der Waals surface area contributed by atoms with E-state index < -0.39 is 0 Å². The van der Waals surface area contributed by atoms with Crippen LogP contribution in [0.25, 0.3) is 0 Å². The summed E-state index contributed by atoms with van der Waals surface area (Å²) in [6, 6.07) is 14.9. The summed E-state index contributed by atoms with van der Waals surface area (Å²) in [6.07, 6.45) is 4.36. The van der Waals surface area contributed by atoms with Gasteiger partial charge >= 0.3 is 0 Å². The number of rotatable bonds is 8. The molecule has 0 aliphatic carbocycles. The zero-order valence-electron chi connectivity index (χ0n) is 16.1. The summed E-state index contributed by atoms with van der Waals surface area (Å²) in [7, 11) is 4.06. The Labute approximate surface area is 170 Å². The van der Waals surface area contributed by atoms with Gasteiger partial charge in [0.1, 0.15) is 12.4 Å². The van der Waals surface area contributed by atoms with Gasteiger partial charge in [-0.15, -0.1) is 0 Å². The average Bonchev–Trinajstić information content (AvgIpc) is 2.67. The minimum absolute atomic E-state index is 0.0853. The van der Waals surface area contributed by atoms with E-state index in [1.54, 1.807) is 10.8 Å². The second-order valence-electron chi connectivity index (χ2n) is 6.95. The van der Waals surface area contributed by atoms with Crippen LogP contribution in [0.4, 0.5) is 0 Å². The smallest absolute Gasteiger partial charge is 0.254 e. The van der Waals surface area contributed by atoms with Crippen LogP contribution in [0.5, 0.6) is 5.75 Å². The Hall–Kier alpha value is -2.63. The number of ether oxygens (including phenoxy) is 1. The van der Waals surface area contributed by atoms with Crippen molar-refractivity contribution in [1.82, 2.24) is 14.5 Å². The molecule has 0 aliphatic rings. The van der Waals surface area contributed by atoms with Crippen molar-refractivity contribution in [2.75, 3.05) is 14.1 Å². The van der Waals surface area contributed by atoms with Gasteiger partial charge < -0.3 is 14.2 Å². The minimum Gasteiger partial charge on any atom is -0.489 e. The van der Waals surface area contributed by atoms with Crippen LogP contribution in [0.1, 0.15) is 16.8 Å². The summed E-state index contributed by atoms with van der Waals surface area (Å²) in [5, 5.41) is 0.688. The highest BCUT2D eigenvalue weighted by Crippen LogP contribution is 2.13. The van der Waals surface area contributed by atoms with Crippen LogP contribution in [0.2, 0.25) is 5.02 Å². The number of halogens is 1. The fourth-order valence-electron chi connectivity index (χ4n) is 2.81. The molecule has 28 heavy (non-hydrogen) atoms. The van der Waals surface area contributed by atoms with Crippen molar-refractivity contribution in [1.29, 1.82) is 0 Å². The van der Waals surface area contributed by atoms with Crippen molar-refractivity contribution in [3.63, 3.8) is 0 Å². The Morgan fingerprint density at radius 1 is 1.07 bits per heavy atom. The van der Waals surface area contributed by atoms with Gasteiger partial charge in [0, 0.05) is 48.7 Å². The fourth-order valence-corrected chi connectivity index (χ4v) is 2.93. The predicted molar refractivity (Wildman–Crippen MR) is 112 cm³/mol. The lowest BCUT2D eigenvalue weighted by Gasteiger charge is -2.10. The molecule has 0 amide bonds. The highest BCUT2D eigenvalue weighted by molar-refractivity contribution is 6.30. The van der Waals surface area contributed by atoms with E-state index in [0.717, 1.165) is 17.8 Å². The number of benzene rings is 1. The molecule has 146 valence electrons. The molecule has 0 saturated carbocycles. The first kappa shape index (κ1) is 20.1. The van der Waals surface area contributed by atoms with Crippen LogP contribution in [0, 0.1) is 0 Å². The van der Waals surface area contributed by atoms with Crippen molar-refractivity contribution in [3.8, 4) is 5.75 Å². The number of nitrogens with zero attached hydrogens (tertiary/aromatic N) is 3. The van der Waals surface area contributed by atoms with Crippen LogP contribution in [-0.4, -0.2) is 28.5 Å². The maximum Gasteiger partial charge on any atom is 0.254 e. The van der Waals surface area contributed by atoms with E-state index in [1.807, 2.05) is 56.7 Å². The first-order valence-electron chi connectivity index (χ1n) is 9.16. The zero-order valence-corrected chi connectivity index (χ0v) is 16.9. The Morgan fingerprint density at radius 3 is 2.46 bits per heavy atom. The third kappa shape index (κ3) is 5.94. The molecule has 0 saturated heterocycles. The highest BCUT2D eigenvalue weighted by Gasteiger charge is 2.03. The highest BCUT2D eigenvalue weighted by atomic mass is 35.5. The molecular weight excluding hydrogens is 374 g/mol. The quantitative estimate of drug-likeness (QED) is 0.580. The topological polar surface area (TPSA) is 47.4 Å². The molecule has 3 aromatic rings. The maximum atomic E-state index is 12.3. The van der Waals surface area contributed by atoms with Gasteiger partial charge in [0.25, 0.3) is 5.56 Å². The van der Waals surface area contributed by atoms with Crippen molar-refractivity contribution in [2.45, 2.75) is 26.1 Å². The summed E-state index contributed by atoms with van der Waals surface area (Å²) in [4.78, 5) is 18.9. The summed E-state index contributed by atoms with van der Waals surface area (Å²) < 4.78 is 7.37. The number of hydrogen-bond acceptors (Lipinski definition) is 4. The van der Waals surface area contributed by atoms with Gasteiger partial charge in [0.05, 0.1) is 0 Å². The molecule has 0 spiro atoms. The lowest BCUT2D eigenvalue weighted by molar-refractivity contribution is 0.305. The fraction of sp³-hybridized carbons (Fsp3) is 0.273. The Morgan fingerprint density at radius 2 is 1.82 bits per heavy atom. The summed E-state index contributed by atoms with van der Waals surface area (Å²) in [5.74, 6) is 0.558. The van der Waals surface area contributed by atoms with Crippen molar-refractivity contribution in [2.24, 2.45) is 0 Å². The molecule has 6 heteroatoms. The van der Waals surface area contributed by atoms with Gasteiger partial charge in [0.15, 0.2) is 0 Å². The Kier molecular flexibility index (Phi) is 6.85. The zero-order chi connectivity index (χ0) is 19.9. The van der Waals surface area contributed by atoms with E-state index in [2.05, 4.69) is 16.0 Å². The third-order valence-corrected chi connectivity index (χ3v) is 4.53. The van der Waals surface area contributed by atoms with E-state index >= 15 is 0 Å². The second kappa shape index (κ2) is 9.53. The Bertz CT molecular complexity index is 951. The normalized spacial score (nSPS) is 11.0. The van der Waals surface area contributed by atoms with Crippen LogP contribution in [0.15, 0.2) is 65.7 Å². The van der Waals surface area contributed by atoms with E-state index in [4.69, 9.17) is 16.3 Å². The standard InChI is InChI=1S/C22H24ClN3O2/c1-25(2)15-18-5-8-20(24-14-18)9-11-26-12-10-21(13-22(26)27)28-16-17-3-6-19(23)7-4-17/h3-8,10,12-14H,9,11,15-16H2,1-2H3. The van der Waals surface area contributed by atoms with Crippen LogP contribution in [-0.2, 0) is 26.1 Å². The van der Waals surface area contributed by atoms with E-state index in [9.17, 15) is 4.79 Å². The van der Waals surface area contributed by atoms with E-state index in [-0.39, 0.29) is 5.56 Å². The third-order valence-electron chi connectivity index (χ3n) is 4.28. The van der Waals surface area contributed by atoms with Gasteiger partial charge in [-0.05, 0) is 49.5 Å². The lowest BCUT2D eigenvalue weighted by atomic mass is 10.2. The predicted octanol–water partition coefficient (Wildman–Crippen LogP) is 3.78. The number of pyridine rings is 2. The first-order chi connectivity index (χ1) is 13.5. The molecule has 0 N–H and O–H groups in total.